The Hall–Kier alpha value is -1.47. The predicted molar refractivity (Wildman–Crippen MR) is 70.2 cm³/mol. The molecule has 0 spiro atoms. The van der Waals surface area contributed by atoms with E-state index in [4.69, 9.17) is 0 Å². The second-order valence-electron chi connectivity index (χ2n) is 3.21. The van der Waals surface area contributed by atoms with Crippen LogP contribution >= 0.6 is 27.3 Å². The highest BCUT2D eigenvalue weighted by Crippen LogP contribution is 2.26. The molecule has 7 heteroatoms. The van der Waals surface area contributed by atoms with E-state index in [0.29, 0.717) is 11.7 Å². The minimum Gasteiger partial charge on any atom is -0.357 e. The zero-order valence-corrected chi connectivity index (χ0v) is 11.0. The molecule has 0 bridgehead atoms. The Labute approximate surface area is 110 Å². The molecular formula is C10H8BrN3O2S. The molecule has 1 heterocycles. The third-order valence-corrected chi connectivity index (χ3v) is 3.74. The molecule has 88 valence electrons. The predicted octanol–water partition coefficient (Wildman–Crippen LogP) is 3.43. The average Bonchev–Trinajstić information content (AvgIpc) is 2.77. The summed E-state index contributed by atoms with van der Waals surface area (Å²) in [6, 6.07) is 7.79. The molecule has 0 fully saturated rings. The Morgan fingerprint density at radius 1 is 1.47 bits per heavy atom. The van der Waals surface area contributed by atoms with Crippen molar-refractivity contribution < 1.29 is 4.92 Å². The Morgan fingerprint density at radius 2 is 2.24 bits per heavy atom. The molecule has 1 N–H and O–H groups in total. The van der Waals surface area contributed by atoms with Crippen LogP contribution in [0.4, 0.5) is 10.1 Å². The molecule has 1 aromatic heterocycles. The summed E-state index contributed by atoms with van der Waals surface area (Å²) in [4.78, 5) is 14.0. The van der Waals surface area contributed by atoms with Crippen LogP contribution in [0.1, 0.15) is 5.56 Å². The highest BCUT2D eigenvalue weighted by Gasteiger charge is 2.11. The van der Waals surface area contributed by atoms with Crippen molar-refractivity contribution in [2.24, 2.45) is 0 Å². The summed E-state index contributed by atoms with van der Waals surface area (Å²) in [7, 11) is 0. The number of hydrogen-bond donors (Lipinski definition) is 1. The van der Waals surface area contributed by atoms with Crippen LogP contribution in [0.3, 0.4) is 0 Å². The molecular weight excluding hydrogens is 306 g/mol. The van der Waals surface area contributed by atoms with Crippen molar-refractivity contribution in [2.45, 2.75) is 6.54 Å². The largest absolute Gasteiger partial charge is 0.357 e. The summed E-state index contributed by atoms with van der Waals surface area (Å²) < 4.78 is 0.999. The zero-order chi connectivity index (χ0) is 12.3. The second kappa shape index (κ2) is 5.24. The first-order valence-electron chi connectivity index (χ1n) is 4.74. The molecule has 0 unspecified atom stereocenters. The first-order chi connectivity index (χ1) is 8.16. The van der Waals surface area contributed by atoms with Crippen LogP contribution in [0.15, 0.2) is 34.9 Å². The van der Waals surface area contributed by atoms with Crippen molar-refractivity contribution >= 4 is 37.4 Å². The van der Waals surface area contributed by atoms with Gasteiger partial charge < -0.3 is 5.32 Å². The Balaban J connectivity index is 2.02. The van der Waals surface area contributed by atoms with Crippen LogP contribution in [0, 0.1) is 10.1 Å². The first-order valence-corrected chi connectivity index (χ1v) is 6.35. The maximum atomic E-state index is 10.5. The molecule has 0 radical (unpaired) electrons. The van der Waals surface area contributed by atoms with E-state index < -0.39 is 4.92 Å². The van der Waals surface area contributed by atoms with Crippen LogP contribution in [-0.2, 0) is 6.54 Å². The lowest BCUT2D eigenvalue weighted by Gasteiger charge is -2.04. The Bertz CT molecular complexity index is 544. The minimum absolute atomic E-state index is 0.0413. The third kappa shape index (κ3) is 3.01. The molecule has 0 saturated heterocycles. The highest BCUT2D eigenvalue weighted by molar-refractivity contribution is 9.10. The molecule has 5 nitrogen and oxygen atoms in total. The van der Waals surface area contributed by atoms with Gasteiger partial charge in [-0.15, -0.1) is 0 Å². The SMILES string of the molecule is O=[N+]([O-])c1cnc(NCc2ccccc2Br)s1. The standard InChI is InChI=1S/C10H8BrN3O2S/c11-8-4-2-1-3-7(8)5-12-10-13-6-9(17-10)14(15)16/h1-4,6H,5H2,(H,12,13). The molecule has 0 aliphatic heterocycles. The molecule has 0 atom stereocenters. The van der Waals surface area contributed by atoms with Gasteiger partial charge in [0.05, 0.1) is 4.92 Å². The van der Waals surface area contributed by atoms with E-state index in [1.54, 1.807) is 0 Å². The summed E-state index contributed by atoms with van der Waals surface area (Å²) in [5.74, 6) is 0. The number of rotatable bonds is 4. The number of nitrogens with one attached hydrogen (secondary N) is 1. The lowest BCUT2D eigenvalue weighted by molar-refractivity contribution is -0.380. The fourth-order valence-corrected chi connectivity index (χ4v) is 2.30. The fourth-order valence-electron chi connectivity index (χ4n) is 1.24. The smallest absolute Gasteiger partial charge is 0.345 e. The summed E-state index contributed by atoms with van der Waals surface area (Å²) in [6.07, 6.45) is 1.26. The van der Waals surface area contributed by atoms with Gasteiger partial charge >= 0.3 is 5.00 Å². The molecule has 0 amide bonds. The van der Waals surface area contributed by atoms with Gasteiger partial charge in [-0.2, -0.15) is 0 Å². The van der Waals surface area contributed by atoms with Gasteiger partial charge in [-0.3, -0.25) is 10.1 Å². The van der Waals surface area contributed by atoms with Crippen LogP contribution in [0.25, 0.3) is 0 Å². The number of nitrogens with zero attached hydrogens (tertiary/aromatic N) is 2. The number of aromatic nitrogens is 1. The van der Waals surface area contributed by atoms with Gasteiger partial charge in [-0.25, -0.2) is 4.98 Å². The fraction of sp³-hybridized carbons (Fsp3) is 0.100. The maximum absolute atomic E-state index is 10.5. The number of benzene rings is 1. The molecule has 0 aliphatic carbocycles. The molecule has 0 aliphatic rings. The lowest BCUT2D eigenvalue weighted by Crippen LogP contribution is -1.99. The van der Waals surface area contributed by atoms with Gasteiger partial charge in [0.25, 0.3) is 0 Å². The summed E-state index contributed by atoms with van der Waals surface area (Å²) in [6.45, 7) is 0.575. The highest BCUT2D eigenvalue weighted by atomic mass is 79.9. The maximum Gasteiger partial charge on any atom is 0.345 e. The number of nitro groups is 1. The van der Waals surface area contributed by atoms with E-state index >= 15 is 0 Å². The minimum atomic E-state index is -0.443. The van der Waals surface area contributed by atoms with Crippen molar-refractivity contribution in [3.05, 3.63) is 50.6 Å². The molecule has 17 heavy (non-hydrogen) atoms. The molecule has 1 aromatic carbocycles. The van der Waals surface area contributed by atoms with E-state index in [0.717, 1.165) is 21.4 Å². The lowest BCUT2D eigenvalue weighted by atomic mass is 10.2. The van der Waals surface area contributed by atoms with Gasteiger partial charge in [-0.1, -0.05) is 34.1 Å². The van der Waals surface area contributed by atoms with Crippen LogP contribution in [0.5, 0.6) is 0 Å². The molecule has 2 aromatic rings. The average molecular weight is 314 g/mol. The van der Waals surface area contributed by atoms with Gasteiger partial charge in [0, 0.05) is 11.0 Å². The van der Waals surface area contributed by atoms with E-state index in [1.165, 1.54) is 6.20 Å². The number of thiazole rings is 1. The molecule has 2 rings (SSSR count). The topological polar surface area (TPSA) is 68.1 Å². The summed E-state index contributed by atoms with van der Waals surface area (Å²) in [5.41, 5.74) is 1.07. The second-order valence-corrected chi connectivity index (χ2v) is 5.07. The monoisotopic (exact) mass is 313 g/mol. The van der Waals surface area contributed by atoms with Crippen molar-refractivity contribution in [3.8, 4) is 0 Å². The Morgan fingerprint density at radius 3 is 2.88 bits per heavy atom. The van der Waals surface area contributed by atoms with Gasteiger partial charge in [0.15, 0.2) is 5.13 Å². The van der Waals surface area contributed by atoms with E-state index in [9.17, 15) is 10.1 Å². The number of hydrogen-bond acceptors (Lipinski definition) is 5. The van der Waals surface area contributed by atoms with Crippen LogP contribution in [0.2, 0.25) is 0 Å². The Kier molecular flexibility index (Phi) is 3.70. The van der Waals surface area contributed by atoms with Crippen molar-refractivity contribution in [2.75, 3.05) is 5.32 Å². The van der Waals surface area contributed by atoms with Crippen molar-refractivity contribution in [1.82, 2.24) is 4.98 Å². The van der Waals surface area contributed by atoms with E-state index in [2.05, 4.69) is 26.2 Å². The molecule has 0 saturated carbocycles. The van der Waals surface area contributed by atoms with Crippen LogP contribution < -0.4 is 5.32 Å². The van der Waals surface area contributed by atoms with E-state index in [1.807, 2.05) is 24.3 Å². The van der Waals surface area contributed by atoms with Gasteiger partial charge in [0.2, 0.25) is 0 Å². The van der Waals surface area contributed by atoms with Gasteiger partial charge in [0.1, 0.15) is 6.20 Å². The number of anilines is 1. The quantitative estimate of drug-likeness (QED) is 0.693. The van der Waals surface area contributed by atoms with Crippen molar-refractivity contribution in [3.63, 3.8) is 0 Å². The normalized spacial score (nSPS) is 10.2. The van der Waals surface area contributed by atoms with Crippen molar-refractivity contribution in [1.29, 1.82) is 0 Å². The third-order valence-electron chi connectivity index (χ3n) is 2.06. The summed E-state index contributed by atoms with van der Waals surface area (Å²) >= 11 is 4.46. The zero-order valence-electron chi connectivity index (χ0n) is 8.59. The first kappa shape index (κ1) is 12.0. The van der Waals surface area contributed by atoms with Gasteiger partial charge in [-0.05, 0) is 23.0 Å². The van der Waals surface area contributed by atoms with E-state index in [-0.39, 0.29) is 5.00 Å². The summed E-state index contributed by atoms with van der Waals surface area (Å²) in [5, 5.41) is 14.1. The number of halogens is 1. The van der Waals surface area contributed by atoms with Crippen LogP contribution in [-0.4, -0.2) is 9.91 Å².